The molecule has 0 saturated carbocycles. The van der Waals surface area contributed by atoms with Crippen LogP contribution in [0.4, 0.5) is 5.69 Å². The first kappa shape index (κ1) is 19.0. The van der Waals surface area contributed by atoms with E-state index in [0.29, 0.717) is 6.42 Å². The van der Waals surface area contributed by atoms with E-state index in [-0.39, 0.29) is 5.91 Å². The van der Waals surface area contributed by atoms with Gasteiger partial charge >= 0.3 is 0 Å². The molecular weight excluding hydrogens is 334 g/mol. The van der Waals surface area contributed by atoms with Crippen LogP contribution in [0, 0.1) is 0 Å². The third-order valence-electron chi connectivity index (χ3n) is 4.93. The number of ether oxygens (including phenoxy) is 1. The van der Waals surface area contributed by atoms with Crippen LogP contribution in [0.25, 0.3) is 10.8 Å². The molecule has 0 spiro atoms. The Morgan fingerprint density at radius 3 is 2.19 bits per heavy atom. The second-order valence-electron chi connectivity index (χ2n) is 6.64. The molecule has 0 bridgehead atoms. The van der Waals surface area contributed by atoms with Gasteiger partial charge < -0.3 is 10.1 Å². The van der Waals surface area contributed by atoms with Crippen molar-refractivity contribution in [2.45, 2.75) is 46.1 Å². The van der Waals surface area contributed by atoms with E-state index in [0.717, 1.165) is 46.2 Å². The minimum atomic E-state index is -0.537. The molecule has 140 valence electrons. The van der Waals surface area contributed by atoms with E-state index in [4.69, 9.17) is 4.74 Å². The molecule has 3 nitrogen and oxygen atoms in total. The number of carbonyl (C=O) groups excluding carboxylic acids is 1. The number of benzene rings is 3. The van der Waals surface area contributed by atoms with Crippen LogP contribution in [0.5, 0.6) is 5.75 Å². The van der Waals surface area contributed by atoms with Gasteiger partial charge in [0.25, 0.3) is 5.91 Å². The highest BCUT2D eigenvalue weighted by Gasteiger charge is 2.21. The molecule has 0 fully saturated rings. The minimum Gasteiger partial charge on any atom is -0.480 e. The number of hydrogen-bond donors (Lipinski definition) is 1. The number of anilines is 1. The molecule has 0 heterocycles. The Balaban J connectivity index is 1.85. The first-order chi connectivity index (χ1) is 13.2. The molecule has 0 aliphatic carbocycles. The number of aryl methyl sites for hydroxylation is 2. The maximum absolute atomic E-state index is 13.0. The minimum absolute atomic E-state index is 0.0963. The van der Waals surface area contributed by atoms with Gasteiger partial charge in [-0.15, -0.1) is 0 Å². The molecule has 3 aromatic rings. The predicted molar refractivity (Wildman–Crippen MR) is 112 cm³/mol. The van der Waals surface area contributed by atoms with Crippen LogP contribution in [-0.2, 0) is 17.6 Å². The van der Waals surface area contributed by atoms with Crippen LogP contribution in [0.15, 0.2) is 60.7 Å². The summed E-state index contributed by atoms with van der Waals surface area (Å²) in [6.45, 7) is 6.19. The molecule has 1 atom stereocenters. The van der Waals surface area contributed by atoms with Crippen molar-refractivity contribution in [2.24, 2.45) is 0 Å². The normalized spacial score (nSPS) is 12.0. The summed E-state index contributed by atoms with van der Waals surface area (Å²) in [7, 11) is 0. The highest BCUT2D eigenvalue weighted by molar-refractivity contribution is 5.96. The van der Waals surface area contributed by atoms with Crippen molar-refractivity contribution in [3.63, 3.8) is 0 Å². The lowest BCUT2D eigenvalue weighted by Gasteiger charge is -2.21. The first-order valence-corrected chi connectivity index (χ1v) is 9.73. The van der Waals surface area contributed by atoms with Crippen LogP contribution < -0.4 is 10.1 Å². The van der Waals surface area contributed by atoms with E-state index in [1.807, 2.05) is 49.4 Å². The molecule has 0 radical (unpaired) electrons. The number of hydrogen-bond acceptors (Lipinski definition) is 2. The highest BCUT2D eigenvalue weighted by Crippen LogP contribution is 2.28. The van der Waals surface area contributed by atoms with Crippen LogP contribution >= 0.6 is 0 Å². The number of carbonyl (C=O) groups is 1. The van der Waals surface area contributed by atoms with Crippen LogP contribution in [0.3, 0.4) is 0 Å². The van der Waals surface area contributed by atoms with Gasteiger partial charge in [0.1, 0.15) is 5.75 Å². The van der Waals surface area contributed by atoms with E-state index >= 15 is 0 Å². The van der Waals surface area contributed by atoms with Gasteiger partial charge in [-0.05, 0) is 41.8 Å². The van der Waals surface area contributed by atoms with Crippen molar-refractivity contribution in [2.75, 3.05) is 5.32 Å². The maximum Gasteiger partial charge on any atom is 0.265 e. The average Bonchev–Trinajstić information content (AvgIpc) is 2.72. The number of fused-ring (bicyclic) bond motifs is 1. The first-order valence-electron chi connectivity index (χ1n) is 9.73. The molecule has 0 aliphatic heterocycles. The largest absolute Gasteiger partial charge is 0.480 e. The molecule has 0 saturated heterocycles. The molecule has 3 rings (SSSR count). The molecule has 0 aromatic heterocycles. The lowest BCUT2D eigenvalue weighted by Crippen LogP contribution is -2.33. The van der Waals surface area contributed by atoms with Crippen molar-refractivity contribution in [3.8, 4) is 5.75 Å². The summed E-state index contributed by atoms with van der Waals surface area (Å²) in [5.41, 5.74) is 3.25. The summed E-state index contributed by atoms with van der Waals surface area (Å²) >= 11 is 0. The third-order valence-corrected chi connectivity index (χ3v) is 4.93. The summed E-state index contributed by atoms with van der Waals surface area (Å²) in [6, 6.07) is 20.2. The van der Waals surface area contributed by atoms with Crippen molar-refractivity contribution in [3.05, 3.63) is 71.8 Å². The zero-order valence-electron chi connectivity index (χ0n) is 16.3. The van der Waals surface area contributed by atoms with E-state index < -0.39 is 6.10 Å². The summed E-state index contributed by atoms with van der Waals surface area (Å²) in [5.74, 6) is 0.649. The highest BCUT2D eigenvalue weighted by atomic mass is 16.5. The standard InChI is InChI=1S/C24H27NO2/c1-4-17-12-9-13-18(5-2)23(17)25-24(26)21(6-3)27-22-16-10-14-19-11-7-8-15-20(19)22/h7-16,21H,4-6H2,1-3H3,(H,25,26). The van der Waals surface area contributed by atoms with E-state index in [2.05, 4.69) is 37.4 Å². The third kappa shape index (κ3) is 4.13. The lowest BCUT2D eigenvalue weighted by atomic mass is 10.0. The average molecular weight is 361 g/mol. The Bertz CT molecular complexity index is 905. The second-order valence-corrected chi connectivity index (χ2v) is 6.64. The maximum atomic E-state index is 13.0. The summed E-state index contributed by atoms with van der Waals surface area (Å²) in [6.07, 6.45) is 1.82. The van der Waals surface area contributed by atoms with Gasteiger partial charge in [0.2, 0.25) is 0 Å². The van der Waals surface area contributed by atoms with Gasteiger partial charge in [-0.2, -0.15) is 0 Å². The van der Waals surface area contributed by atoms with E-state index in [9.17, 15) is 4.79 Å². The van der Waals surface area contributed by atoms with Crippen molar-refractivity contribution in [1.29, 1.82) is 0 Å². The number of nitrogens with one attached hydrogen (secondary N) is 1. The number of amides is 1. The quantitative estimate of drug-likeness (QED) is 0.581. The molecule has 1 unspecified atom stereocenters. The molecule has 3 heteroatoms. The van der Waals surface area contributed by atoms with Crippen LogP contribution in [-0.4, -0.2) is 12.0 Å². The van der Waals surface area contributed by atoms with E-state index in [1.165, 1.54) is 0 Å². The molecule has 27 heavy (non-hydrogen) atoms. The summed E-state index contributed by atoms with van der Waals surface area (Å²) < 4.78 is 6.15. The fraction of sp³-hybridized carbons (Fsp3) is 0.292. The Morgan fingerprint density at radius 2 is 1.52 bits per heavy atom. The molecular formula is C24H27NO2. The van der Waals surface area contributed by atoms with Gasteiger partial charge in [0, 0.05) is 11.1 Å². The van der Waals surface area contributed by atoms with Gasteiger partial charge in [-0.1, -0.05) is 75.4 Å². The molecule has 1 amide bonds. The van der Waals surface area contributed by atoms with Gasteiger partial charge in [0.15, 0.2) is 6.10 Å². The Kier molecular flexibility index (Phi) is 6.12. The zero-order chi connectivity index (χ0) is 19.2. The Labute approximate surface area is 161 Å². The van der Waals surface area contributed by atoms with Gasteiger partial charge in [-0.3, -0.25) is 4.79 Å². The smallest absolute Gasteiger partial charge is 0.265 e. The fourth-order valence-corrected chi connectivity index (χ4v) is 3.38. The Morgan fingerprint density at radius 1 is 0.889 bits per heavy atom. The van der Waals surface area contributed by atoms with Crippen LogP contribution in [0.1, 0.15) is 38.3 Å². The zero-order valence-corrected chi connectivity index (χ0v) is 16.3. The van der Waals surface area contributed by atoms with Gasteiger partial charge in [0.05, 0.1) is 0 Å². The van der Waals surface area contributed by atoms with Crippen molar-refractivity contribution < 1.29 is 9.53 Å². The topological polar surface area (TPSA) is 38.3 Å². The SMILES string of the molecule is CCc1cccc(CC)c1NC(=O)C(CC)Oc1cccc2ccccc12. The Hall–Kier alpha value is -2.81. The van der Waals surface area contributed by atoms with Crippen molar-refractivity contribution in [1.82, 2.24) is 0 Å². The second kappa shape index (κ2) is 8.72. The molecule has 1 N–H and O–H groups in total. The monoisotopic (exact) mass is 361 g/mol. The predicted octanol–water partition coefficient (Wildman–Crippen LogP) is 5.76. The fourth-order valence-electron chi connectivity index (χ4n) is 3.38. The summed E-state index contributed by atoms with van der Waals surface area (Å²) in [4.78, 5) is 13.0. The molecule has 3 aromatic carbocycles. The lowest BCUT2D eigenvalue weighted by molar-refractivity contribution is -0.122. The van der Waals surface area contributed by atoms with Crippen molar-refractivity contribution >= 4 is 22.4 Å². The number of para-hydroxylation sites is 1. The molecule has 0 aliphatic rings. The van der Waals surface area contributed by atoms with E-state index in [1.54, 1.807) is 0 Å². The van der Waals surface area contributed by atoms with Crippen LogP contribution in [0.2, 0.25) is 0 Å². The number of rotatable bonds is 7. The summed E-state index contributed by atoms with van der Waals surface area (Å²) in [5, 5.41) is 5.27. The van der Waals surface area contributed by atoms with Gasteiger partial charge in [-0.25, -0.2) is 0 Å².